The summed E-state index contributed by atoms with van der Waals surface area (Å²) in [6.45, 7) is 1.27. The summed E-state index contributed by atoms with van der Waals surface area (Å²) < 4.78 is 13.7. The number of amides is 1. The molecule has 2 N–H and O–H groups in total. The zero-order valence-corrected chi connectivity index (χ0v) is 14.2. The summed E-state index contributed by atoms with van der Waals surface area (Å²) >= 11 is 11.9. The molecular formula is C17H14Cl2FNO3. The number of carbonyl (C=O) groups excluding carboxylic acids is 2. The number of phenolic OH excluding ortho intramolecular Hbond substituents is 1. The third-order valence-electron chi connectivity index (χ3n) is 3.45. The minimum atomic E-state index is -1.05. The fourth-order valence-corrected chi connectivity index (χ4v) is 2.64. The molecule has 0 aliphatic heterocycles. The van der Waals surface area contributed by atoms with Gasteiger partial charge < -0.3 is 10.4 Å². The van der Waals surface area contributed by atoms with Gasteiger partial charge in [0.15, 0.2) is 0 Å². The molecule has 0 heterocycles. The Hall–Kier alpha value is -2.11. The van der Waals surface area contributed by atoms with Gasteiger partial charge in [-0.2, -0.15) is 0 Å². The standard InChI is InChI=1S/C17H14Cl2FNO3/c1-9(22)13(6-10-2-3-11(18)7-14(10)19)17(24)21-16-8-12(23)4-5-15(16)20/h2-5,7-8,13,23H,6H2,1H3,(H,21,24). The van der Waals surface area contributed by atoms with Gasteiger partial charge >= 0.3 is 0 Å². The van der Waals surface area contributed by atoms with Crippen LogP contribution >= 0.6 is 23.2 Å². The summed E-state index contributed by atoms with van der Waals surface area (Å²) in [5.41, 5.74) is 0.376. The largest absolute Gasteiger partial charge is 0.508 e. The minimum absolute atomic E-state index is 0.0532. The average molecular weight is 370 g/mol. The van der Waals surface area contributed by atoms with Gasteiger partial charge in [0.2, 0.25) is 5.91 Å². The quantitative estimate of drug-likeness (QED) is 0.775. The van der Waals surface area contributed by atoms with Gasteiger partial charge in [0.1, 0.15) is 23.3 Å². The van der Waals surface area contributed by atoms with Crippen LogP contribution < -0.4 is 5.32 Å². The maximum Gasteiger partial charge on any atom is 0.235 e. The average Bonchev–Trinajstić information content (AvgIpc) is 2.49. The molecule has 0 aliphatic rings. The van der Waals surface area contributed by atoms with Crippen molar-refractivity contribution in [2.24, 2.45) is 5.92 Å². The SMILES string of the molecule is CC(=O)C(Cc1ccc(Cl)cc1Cl)C(=O)Nc1cc(O)ccc1F. The lowest BCUT2D eigenvalue weighted by atomic mass is 9.95. The normalized spacial score (nSPS) is 11.8. The lowest BCUT2D eigenvalue weighted by Crippen LogP contribution is -2.30. The highest BCUT2D eigenvalue weighted by Gasteiger charge is 2.25. The van der Waals surface area contributed by atoms with Gasteiger partial charge in [-0.05, 0) is 43.2 Å². The number of hydrogen-bond acceptors (Lipinski definition) is 3. The van der Waals surface area contributed by atoms with E-state index in [-0.39, 0.29) is 23.6 Å². The van der Waals surface area contributed by atoms with Crippen LogP contribution in [-0.2, 0) is 16.0 Å². The van der Waals surface area contributed by atoms with Crippen LogP contribution in [0.1, 0.15) is 12.5 Å². The number of nitrogens with one attached hydrogen (secondary N) is 1. The second kappa shape index (κ2) is 7.64. The first kappa shape index (κ1) is 18.2. The molecule has 1 amide bonds. The van der Waals surface area contributed by atoms with E-state index in [4.69, 9.17) is 23.2 Å². The fourth-order valence-electron chi connectivity index (χ4n) is 2.16. The van der Waals surface area contributed by atoms with E-state index in [1.165, 1.54) is 13.0 Å². The number of halogens is 3. The van der Waals surface area contributed by atoms with Crippen LogP contribution in [0.4, 0.5) is 10.1 Å². The molecule has 0 aromatic heterocycles. The van der Waals surface area contributed by atoms with E-state index >= 15 is 0 Å². The number of benzene rings is 2. The maximum atomic E-state index is 13.7. The van der Waals surface area contributed by atoms with Crippen molar-refractivity contribution in [1.82, 2.24) is 0 Å². The van der Waals surface area contributed by atoms with Crippen molar-refractivity contribution in [2.75, 3.05) is 5.32 Å². The third kappa shape index (κ3) is 4.46. The smallest absolute Gasteiger partial charge is 0.235 e. The van der Waals surface area contributed by atoms with Crippen molar-refractivity contribution in [3.05, 3.63) is 57.8 Å². The number of phenols is 1. The van der Waals surface area contributed by atoms with Crippen LogP contribution in [-0.4, -0.2) is 16.8 Å². The molecule has 1 unspecified atom stereocenters. The summed E-state index contributed by atoms with van der Waals surface area (Å²) in [6, 6.07) is 7.99. The van der Waals surface area contributed by atoms with Gasteiger partial charge in [-0.1, -0.05) is 29.3 Å². The van der Waals surface area contributed by atoms with Crippen LogP contribution in [0, 0.1) is 11.7 Å². The molecule has 0 saturated carbocycles. The number of Topliss-reactive ketones (excluding diaryl/α,β-unsaturated/α-hetero) is 1. The predicted octanol–water partition coefficient (Wildman–Crippen LogP) is 4.22. The third-order valence-corrected chi connectivity index (χ3v) is 4.04. The van der Waals surface area contributed by atoms with Crippen molar-refractivity contribution in [3.63, 3.8) is 0 Å². The molecule has 0 fully saturated rings. The number of rotatable bonds is 5. The lowest BCUT2D eigenvalue weighted by molar-refractivity contribution is -0.129. The minimum Gasteiger partial charge on any atom is -0.508 e. The zero-order valence-electron chi connectivity index (χ0n) is 12.6. The Labute approximate surface area is 148 Å². The van der Waals surface area contributed by atoms with Crippen LogP contribution in [0.5, 0.6) is 5.75 Å². The first-order valence-corrected chi connectivity index (χ1v) is 7.77. The van der Waals surface area contributed by atoms with Gasteiger partial charge in [0.25, 0.3) is 0 Å². The Balaban J connectivity index is 2.22. The molecule has 0 bridgehead atoms. The van der Waals surface area contributed by atoms with Crippen LogP contribution in [0.3, 0.4) is 0 Å². The monoisotopic (exact) mass is 369 g/mol. The number of ketones is 1. The molecule has 24 heavy (non-hydrogen) atoms. The highest BCUT2D eigenvalue weighted by molar-refractivity contribution is 6.35. The second-order valence-corrected chi connectivity index (χ2v) is 6.10. The van der Waals surface area contributed by atoms with Crippen LogP contribution in [0.2, 0.25) is 10.0 Å². The zero-order chi connectivity index (χ0) is 17.9. The van der Waals surface area contributed by atoms with Gasteiger partial charge in [-0.3, -0.25) is 9.59 Å². The van der Waals surface area contributed by atoms with Gasteiger partial charge in [-0.15, -0.1) is 0 Å². The van der Waals surface area contributed by atoms with Crippen molar-refractivity contribution in [1.29, 1.82) is 0 Å². The Morgan fingerprint density at radius 2 is 1.92 bits per heavy atom. The number of carbonyl (C=O) groups is 2. The second-order valence-electron chi connectivity index (χ2n) is 5.26. The van der Waals surface area contributed by atoms with Crippen LogP contribution in [0.25, 0.3) is 0 Å². The van der Waals surface area contributed by atoms with E-state index in [0.717, 1.165) is 18.2 Å². The molecule has 0 radical (unpaired) electrons. The highest BCUT2D eigenvalue weighted by Crippen LogP contribution is 2.25. The number of hydrogen-bond donors (Lipinski definition) is 2. The predicted molar refractivity (Wildman–Crippen MR) is 91.0 cm³/mol. The maximum absolute atomic E-state index is 13.7. The Morgan fingerprint density at radius 3 is 2.54 bits per heavy atom. The number of aromatic hydroxyl groups is 1. The summed E-state index contributed by atoms with van der Waals surface area (Å²) in [5.74, 6) is -3.04. The van der Waals surface area contributed by atoms with E-state index < -0.39 is 17.6 Å². The van der Waals surface area contributed by atoms with E-state index in [0.29, 0.717) is 15.6 Å². The van der Waals surface area contributed by atoms with Gasteiger partial charge in [0.05, 0.1) is 5.69 Å². The molecule has 0 saturated heterocycles. The highest BCUT2D eigenvalue weighted by atomic mass is 35.5. The summed E-state index contributed by atoms with van der Waals surface area (Å²) in [6.07, 6.45) is 0.0532. The van der Waals surface area contributed by atoms with E-state index in [1.54, 1.807) is 12.1 Å². The van der Waals surface area contributed by atoms with Crippen LogP contribution in [0.15, 0.2) is 36.4 Å². The van der Waals surface area contributed by atoms with E-state index in [9.17, 15) is 19.1 Å². The molecule has 7 heteroatoms. The lowest BCUT2D eigenvalue weighted by Gasteiger charge is -2.15. The molecule has 126 valence electrons. The summed E-state index contributed by atoms with van der Waals surface area (Å²) in [4.78, 5) is 24.2. The molecule has 1 atom stereocenters. The molecule has 2 aromatic rings. The molecular weight excluding hydrogens is 356 g/mol. The Bertz CT molecular complexity index is 795. The Kier molecular flexibility index (Phi) is 5.80. The molecule has 2 rings (SSSR count). The van der Waals surface area contributed by atoms with E-state index in [2.05, 4.69) is 5.32 Å². The van der Waals surface area contributed by atoms with Gasteiger partial charge in [-0.25, -0.2) is 4.39 Å². The van der Waals surface area contributed by atoms with Crippen molar-refractivity contribution in [2.45, 2.75) is 13.3 Å². The van der Waals surface area contributed by atoms with Crippen molar-refractivity contribution >= 4 is 40.6 Å². The molecule has 0 spiro atoms. The topological polar surface area (TPSA) is 66.4 Å². The molecule has 4 nitrogen and oxygen atoms in total. The van der Waals surface area contributed by atoms with Crippen molar-refractivity contribution in [3.8, 4) is 5.75 Å². The first-order valence-electron chi connectivity index (χ1n) is 7.01. The Morgan fingerprint density at radius 1 is 1.21 bits per heavy atom. The summed E-state index contributed by atoms with van der Waals surface area (Å²) in [5, 5.41) is 12.5. The fraction of sp³-hybridized carbons (Fsp3) is 0.176. The van der Waals surface area contributed by atoms with Crippen molar-refractivity contribution < 1.29 is 19.1 Å². The number of anilines is 1. The molecule has 2 aromatic carbocycles. The summed E-state index contributed by atoms with van der Waals surface area (Å²) in [7, 11) is 0. The molecule has 0 aliphatic carbocycles. The van der Waals surface area contributed by atoms with Gasteiger partial charge in [0, 0.05) is 16.1 Å². The first-order chi connectivity index (χ1) is 11.3. The van der Waals surface area contributed by atoms with E-state index in [1.807, 2.05) is 0 Å².